The number of carbonyl (C=O) groups excluding carboxylic acids is 1. The first kappa shape index (κ1) is 19.6. The Morgan fingerprint density at radius 3 is 2.41 bits per heavy atom. The van der Waals surface area contributed by atoms with Gasteiger partial charge in [-0.3, -0.25) is 0 Å². The van der Waals surface area contributed by atoms with Crippen LogP contribution in [0, 0.1) is 10.1 Å². The quantitative estimate of drug-likeness (QED) is 0.291. The molecule has 0 aliphatic rings. The lowest BCUT2D eigenvalue weighted by Crippen LogP contribution is -2.22. The number of carbonyl (C=O) groups is 1. The number of hydrogen-bond acceptors (Lipinski definition) is 8. The van der Waals surface area contributed by atoms with E-state index in [1.165, 1.54) is 31.4 Å². The smallest absolute Gasteiger partial charge is 0.438 e. The third-order valence-electron chi connectivity index (χ3n) is 3.85. The van der Waals surface area contributed by atoms with Crippen molar-refractivity contribution in [3.8, 4) is 11.4 Å². The summed E-state index contributed by atoms with van der Waals surface area (Å²) < 4.78 is 9.96. The average Bonchev–Trinajstić information content (AvgIpc) is 3.05. The number of benzene rings is 2. The van der Waals surface area contributed by atoms with E-state index in [1.807, 2.05) is 0 Å². The van der Waals surface area contributed by atoms with E-state index in [-0.39, 0.29) is 17.8 Å². The third-order valence-corrected chi connectivity index (χ3v) is 3.85. The molecule has 0 aliphatic carbocycles. The topological polar surface area (TPSA) is 134 Å². The molecule has 0 saturated heterocycles. The predicted molar refractivity (Wildman–Crippen MR) is 99.6 cm³/mol. The molecule has 0 amide bonds. The van der Waals surface area contributed by atoms with Crippen LogP contribution in [0.5, 0.6) is 5.75 Å². The van der Waals surface area contributed by atoms with E-state index in [9.17, 15) is 20.1 Å². The molecule has 2 aromatic carbocycles. The molecular weight excluding hydrogens is 382 g/mol. The molecule has 0 unspecified atom stereocenters. The molecule has 11 nitrogen and oxygen atoms in total. The second-order valence-corrected chi connectivity index (χ2v) is 5.66. The zero-order chi connectivity index (χ0) is 21.0. The fourth-order valence-corrected chi connectivity index (χ4v) is 2.46. The molecule has 11 heteroatoms. The monoisotopic (exact) mass is 399 g/mol. The number of esters is 1. The summed E-state index contributed by atoms with van der Waals surface area (Å²) in [6.07, 6.45) is 0. The first-order valence-corrected chi connectivity index (χ1v) is 8.47. The molecule has 150 valence electrons. The van der Waals surface area contributed by atoms with Crippen LogP contribution in [0.2, 0.25) is 0 Å². The molecule has 0 spiro atoms. The molecule has 0 fully saturated rings. The largest absolute Gasteiger partial charge is 0.497 e. The van der Waals surface area contributed by atoms with Crippen LogP contribution in [0.15, 0.2) is 53.5 Å². The maximum Gasteiger partial charge on any atom is 0.438 e. The Balaban J connectivity index is 2.05. The lowest BCUT2D eigenvalue weighted by Gasteiger charge is -2.02. The van der Waals surface area contributed by atoms with E-state index >= 15 is 0 Å². The molecule has 0 atom stereocenters. The van der Waals surface area contributed by atoms with E-state index in [0.29, 0.717) is 21.8 Å². The number of methoxy groups -OCH3 is 1. The number of rotatable bonds is 6. The Hall–Kier alpha value is -4.15. The Labute approximate surface area is 164 Å². The van der Waals surface area contributed by atoms with Crippen LogP contribution in [0.25, 0.3) is 5.69 Å². The van der Waals surface area contributed by atoms with Gasteiger partial charge in [0, 0.05) is 0 Å². The summed E-state index contributed by atoms with van der Waals surface area (Å²) in [6, 6.07) is 12.3. The van der Waals surface area contributed by atoms with Gasteiger partial charge in [-0.05, 0) is 65.2 Å². The van der Waals surface area contributed by atoms with Crippen LogP contribution >= 0.6 is 0 Å². The van der Waals surface area contributed by atoms with Crippen molar-refractivity contribution in [2.45, 2.75) is 6.92 Å². The van der Waals surface area contributed by atoms with Gasteiger partial charge in [0.25, 0.3) is 5.49 Å². The summed E-state index contributed by atoms with van der Waals surface area (Å²) in [5, 5.41) is 25.6. The normalized spacial score (nSPS) is 11.3. The van der Waals surface area contributed by atoms with Crippen molar-refractivity contribution in [3.05, 3.63) is 69.7 Å². The van der Waals surface area contributed by atoms with Crippen LogP contribution in [0.4, 0.5) is 11.5 Å². The number of nitro groups is 1. The van der Waals surface area contributed by atoms with E-state index in [2.05, 4.69) is 10.1 Å². The van der Waals surface area contributed by atoms with Gasteiger partial charge in [0.2, 0.25) is 0 Å². The van der Waals surface area contributed by atoms with Gasteiger partial charge in [-0.1, -0.05) is 4.85 Å². The fraction of sp³-hybridized carbons (Fsp3) is 0.167. The maximum atomic E-state index is 11.7. The van der Waals surface area contributed by atoms with Gasteiger partial charge in [0.15, 0.2) is 0 Å². The van der Waals surface area contributed by atoms with Crippen LogP contribution in [0.1, 0.15) is 17.3 Å². The zero-order valence-corrected chi connectivity index (χ0v) is 15.6. The summed E-state index contributed by atoms with van der Waals surface area (Å²) in [5.41, 5.74) is 0.564. The van der Waals surface area contributed by atoms with E-state index < -0.39 is 16.7 Å². The van der Waals surface area contributed by atoms with Gasteiger partial charge in [0.1, 0.15) is 11.4 Å². The molecule has 1 aromatic heterocycles. The highest BCUT2D eigenvalue weighted by Crippen LogP contribution is 2.16. The molecule has 0 aliphatic heterocycles. The Bertz CT molecular complexity index is 1100. The number of hydrogen-bond donors (Lipinski definition) is 1. The van der Waals surface area contributed by atoms with E-state index in [0.717, 1.165) is 4.80 Å². The number of ether oxygens (including phenoxy) is 2. The van der Waals surface area contributed by atoms with Crippen LogP contribution in [0.3, 0.4) is 0 Å². The number of aromatic nitrogens is 3. The molecule has 29 heavy (non-hydrogen) atoms. The predicted octanol–water partition coefficient (Wildman–Crippen LogP) is 2.24. The Kier molecular flexibility index (Phi) is 5.58. The highest BCUT2D eigenvalue weighted by atomic mass is 16.6. The highest BCUT2D eigenvalue weighted by Gasteiger charge is 2.24. The molecular formula is C18H17N5O6. The minimum atomic E-state index is -0.751. The molecule has 0 bridgehead atoms. The van der Waals surface area contributed by atoms with Crippen molar-refractivity contribution in [2.24, 2.45) is 4.99 Å². The molecule has 0 radical (unpaired) electrons. The van der Waals surface area contributed by atoms with Gasteiger partial charge in [-0.25, -0.2) is 9.79 Å². The molecule has 0 saturated carbocycles. The van der Waals surface area contributed by atoms with Gasteiger partial charge >= 0.3 is 11.8 Å². The maximum absolute atomic E-state index is 11.7. The van der Waals surface area contributed by atoms with Crippen LogP contribution in [-0.4, -0.2) is 44.6 Å². The number of nitrogens with zero attached hydrogens (tertiary/aromatic N) is 5. The van der Waals surface area contributed by atoms with Crippen molar-refractivity contribution in [2.75, 3.05) is 13.7 Å². The minimum absolute atomic E-state index is 0.242. The van der Waals surface area contributed by atoms with Gasteiger partial charge in [0.05, 0.1) is 30.1 Å². The first-order chi connectivity index (χ1) is 13.9. The minimum Gasteiger partial charge on any atom is -0.497 e. The van der Waals surface area contributed by atoms with Crippen LogP contribution < -0.4 is 10.2 Å². The van der Waals surface area contributed by atoms with Gasteiger partial charge in [-0.15, -0.1) is 0 Å². The average molecular weight is 399 g/mol. The fourth-order valence-electron chi connectivity index (χ4n) is 2.46. The van der Waals surface area contributed by atoms with Crippen molar-refractivity contribution < 1.29 is 24.4 Å². The molecule has 3 rings (SSSR count). The molecule has 3 aromatic rings. The summed E-state index contributed by atoms with van der Waals surface area (Å²) in [4.78, 5) is 27.9. The third kappa shape index (κ3) is 4.08. The van der Waals surface area contributed by atoms with E-state index in [4.69, 9.17) is 9.47 Å². The van der Waals surface area contributed by atoms with Crippen molar-refractivity contribution in [1.29, 1.82) is 0 Å². The lowest BCUT2D eigenvalue weighted by atomic mass is 10.2. The van der Waals surface area contributed by atoms with E-state index in [1.54, 1.807) is 31.2 Å². The van der Waals surface area contributed by atoms with Gasteiger partial charge < -0.3 is 24.8 Å². The molecule has 1 heterocycles. The highest BCUT2D eigenvalue weighted by molar-refractivity contribution is 5.89. The Morgan fingerprint density at radius 2 is 1.86 bits per heavy atom. The van der Waals surface area contributed by atoms with Crippen molar-refractivity contribution >= 4 is 17.5 Å². The lowest BCUT2D eigenvalue weighted by molar-refractivity contribution is -0.391. The first-order valence-electron chi connectivity index (χ1n) is 8.47. The van der Waals surface area contributed by atoms with Crippen molar-refractivity contribution in [1.82, 2.24) is 14.7 Å². The zero-order valence-electron chi connectivity index (χ0n) is 15.6. The SMILES string of the molecule is CCOC(=O)c1ccc(N=c2c([N+](=O)[O-])nn(-c3ccc(OC)cc3)n2O)cc1. The standard InChI is InChI=1S/C18H17N5O6/c1-3-29-18(24)12-4-6-13(7-5-12)19-16-17(23(26)27)20-21(22(16)25)14-8-10-15(28-2)11-9-14/h4-11,25H,3H2,1-2H3. The summed E-state index contributed by atoms with van der Waals surface area (Å²) in [5.74, 6) is -0.557. The Morgan fingerprint density at radius 1 is 1.21 bits per heavy atom. The summed E-state index contributed by atoms with van der Waals surface area (Å²) in [6.45, 7) is 1.94. The van der Waals surface area contributed by atoms with Gasteiger partial charge in [-0.2, -0.15) is 0 Å². The second-order valence-electron chi connectivity index (χ2n) is 5.66. The summed E-state index contributed by atoms with van der Waals surface area (Å²) in [7, 11) is 1.50. The summed E-state index contributed by atoms with van der Waals surface area (Å²) >= 11 is 0. The van der Waals surface area contributed by atoms with Crippen LogP contribution in [-0.2, 0) is 4.74 Å². The molecule has 1 N–H and O–H groups in total. The van der Waals surface area contributed by atoms with Crippen molar-refractivity contribution in [3.63, 3.8) is 0 Å². The second kappa shape index (κ2) is 8.25.